The Morgan fingerprint density at radius 1 is 1.09 bits per heavy atom. The molecule has 0 radical (unpaired) electrons. The molecule has 2 N–H and O–H groups in total. The largest absolute Gasteiger partial charge is 0.497 e. The normalized spacial score (nSPS) is 12.0. The van der Waals surface area contributed by atoms with Crippen molar-refractivity contribution in [3.05, 3.63) is 75.2 Å². The molecule has 11 heteroatoms. The van der Waals surface area contributed by atoms with Gasteiger partial charge in [0.1, 0.15) is 24.2 Å². The van der Waals surface area contributed by atoms with Crippen LogP contribution in [-0.2, 0) is 27.2 Å². The molecule has 0 spiro atoms. The Morgan fingerprint density at radius 2 is 1.82 bits per heavy atom. The molecule has 0 aliphatic rings. The van der Waals surface area contributed by atoms with E-state index in [9.17, 15) is 14.7 Å². The zero-order valence-corrected chi connectivity index (χ0v) is 19.1. The van der Waals surface area contributed by atoms with E-state index >= 15 is 0 Å². The van der Waals surface area contributed by atoms with Gasteiger partial charge in [0.05, 0.1) is 13.7 Å². The zero-order chi connectivity index (χ0) is 24.2. The number of benzene rings is 1. The van der Waals surface area contributed by atoms with E-state index in [1.807, 2.05) is 12.1 Å². The number of aromatic nitrogens is 5. The van der Waals surface area contributed by atoms with Crippen LogP contribution in [-0.4, -0.2) is 48.6 Å². The van der Waals surface area contributed by atoms with E-state index in [0.29, 0.717) is 24.0 Å². The standard InChI is InChI=1S/C23H26N6O5/c1-27-20-19(21(31)28(2)23(27)32)29(22(26-20)25-12-15-5-4-10-24-11-15)13-16(30)14-34-18-8-6-17(33-3)7-9-18/h4-11,16,30H,12-14H2,1-3H3,(H,25,26)/t16-/m1/s1. The first kappa shape index (κ1) is 23.1. The summed E-state index contributed by atoms with van der Waals surface area (Å²) in [7, 11) is 4.54. The van der Waals surface area contributed by atoms with Crippen LogP contribution < -0.4 is 26.0 Å². The van der Waals surface area contributed by atoms with E-state index in [-0.39, 0.29) is 24.3 Å². The summed E-state index contributed by atoms with van der Waals surface area (Å²) in [5.41, 5.74) is 0.366. The van der Waals surface area contributed by atoms with Gasteiger partial charge in [-0.2, -0.15) is 4.98 Å². The van der Waals surface area contributed by atoms with Crippen molar-refractivity contribution < 1.29 is 14.6 Å². The second-order valence-electron chi connectivity index (χ2n) is 7.78. The summed E-state index contributed by atoms with van der Waals surface area (Å²) >= 11 is 0. The molecule has 4 rings (SSSR count). The third-order valence-corrected chi connectivity index (χ3v) is 5.42. The van der Waals surface area contributed by atoms with Crippen LogP contribution in [0, 0.1) is 0 Å². The SMILES string of the molecule is COc1ccc(OC[C@H](O)Cn2c(NCc3cccnc3)nc3c2c(=O)n(C)c(=O)n3C)cc1. The number of rotatable bonds is 9. The Kier molecular flexibility index (Phi) is 6.64. The fourth-order valence-electron chi connectivity index (χ4n) is 3.57. The summed E-state index contributed by atoms with van der Waals surface area (Å²) in [6.07, 6.45) is 2.43. The van der Waals surface area contributed by atoms with Crippen molar-refractivity contribution in [1.82, 2.24) is 23.7 Å². The number of ether oxygens (including phenoxy) is 2. The van der Waals surface area contributed by atoms with E-state index in [2.05, 4.69) is 15.3 Å². The number of nitrogens with one attached hydrogen (secondary N) is 1. The molecule has 0 bridgehead atoms. The Labute approximate surface area is 194 Å². The summed E-state index contributed by atoms with van der Waals surface area (Å²) in [5, 5.41) is 13.9. The first-order valence-electron chi connectivity index (χ1n) is 10.6. The summed E-state index contributed by atoms with van der Waals surface area (Å²) in [6.45, 7) is 0.402. The van der Waals surface area contributed by atoms with Gasteiger partial charge in [-0.05, 0) is 35.9 Å². The molecule has 0 aliphatic heterocycles. The molecule has 0 saturated carbocycles. The number of aliphatic hydroxyl groups excluding tert-OH is 1. The first-order chi connectivity index (χ1) is 16.4. The fraction of sp³-hybridized carbons (Fsp3) is 0.304. The zero-order valence-electron chi connectivity index (χ0n) is 19.1. The maximum Gasteiger partial charge on any atom is 0.332 e. The van der Waals surface area contributed by atoms with Gasteiger partial charge in [0.2, 0.25) is 5.95 Å². The highest BCUT2D eigenvalue weighted by atomic mass is 16.5. The monoisotopic (exact) mass is 466 g/mol. The van der Waals surface area contributed by atoms with Crippen molar-refractivity contribution in [1.29, 1.82) is 0 Å². The summed E-state index contributed by atoms with van der Waals surface area (Å²) in [4.78, 5) is 33.9. The molecular formula is C23H26N6O5. The van der Waals surface area contributed by atoms with Crippen molar-refractivity contribution in [2.24, 2.45) is 14.1 Å². The Bertz CT molecular complexity index is 1390. The van der Waals surface area contributed by atoms with Gasteiger partial charge < -0.3 is 24.5 Å². The van der Waals surface area contributed by atoms with Crippen molar-refractivity contribution in [2.75, 3.05) is 19.0 Å². The van der Waals surface area contributed by atoms with Crippen LogP contribution in [0.5, 0.6) is 11.5 Å². The van der Waals surface area contributed by atoms with Crippen LogP contribution >= 0.6 is 0 Å². The molecule has 4 aromatic rings. The fourth-order valence-corrected chi connectivity index (χ4v) is 3.57. The molecule has 34 heavy (non-hydrogen) atoms. The number of imidazole rings is 1. The van der Waals surface area contributed by atoms with Gasteiger partial charge in [-0.25, -0.2) is 4.79 Å². The molecule has 0 saturated heterocycles. The second kappa shape index (κ2) is 9.79. The van der Waals surface area contributed by atoms with E-state index < -0.39 is 17.4 Å². The van der Waals surface area contributed by atoms with Crippen LogP contribution in [0.3, 0.4) is 0 Å². The highest BCUT2D eigenvalue weighted by Crippen LogP contribution is 2.19. The predicted octanol–water partition coefficient (Wildman–Crippen LogP) is 0.889. The van der Waals surface area contributed by atoms with Gasteiger partial charge in [0.15, 0.2) is 11.2 Å². The number of aryl methyl sites for hydroxylation is 1. The molecule has 0 amide bonds. The van der Waals surface area contributed by atoms with Gasteiger partial charge in [0.25, 0.3) is 5.56 Å². The van der Waals surface area contributed by atoms with Gasteiger partial charge in [-0.1, -0.05) is 6.07 Å². The van der Waals surface area contributed by atoms with Crippen LogP contribution in [0.1, 0.15) is 5.56 Å². The number of nitrogens with zero attached hydrogens (tertiary/aromatic N) is 5. The molecule has 11 nitrogen and oxygen atoms in total. The topological polar surface area (TPSA) is 125 Å². The molecule has 0 unspecified atom stereocenters. The van der Waals surface area contributed by atoms with Crippen LogP contribution in [0.25, 0.3) is 11.2 Å². The minimum absolute atomic E-state index is 0.0138. The van der Waals surface area contributed by atoms with Crippen LogP contribution in [0.2, 0.25) is 0 Å². The number of hydrogen-bond donors (Lipinski definition) is 2. The molecule has 1 atom stereocenters. The first-order valence-corrected chi connectivity index (χ1v) is 10.6. The lowest BCUT2D eigenvalue weighted by molar-refractivity contribution is 0.0938. The minimum atomic E-state index is -0.958. The Balaban J connectivity index is 1.62. The van der Waals surface area contributed by atoms with Crippen LogP contribution in [0.4, 0.5) is 5.95 Å². The molecule has 3 aromatic heterocycles. The predicted molar refractivity (Wildman–Crippen MR) is 126 cm³/mol. The summed E-state index contributed by atoms with van der Waals surface area (Å²) in [5.74, 6) is 1.62. The maximum absolute atomic E-state index is 13.0. The van der Waals surface area contributed by atoms with E-state index in [0.717, 1.165) is 10.1 Å². The summed E-state index contributed by atoms with van der Waals surface area (Å²) in [6, 6.07) is 10.7. The van der Waals surface area contributed by atoms with Gasteiger partial charge >= 0.3 is 5.69 Å². The van der Waals surface area contributed by atoms with Crippen molar-refractivity contribution in [2.45, 2.75) is 19.2 Å². The summed E-state index contributed by atoms with van der Waals surface area (Å²) < 4.78 is 14.7. The minimum Gasteiger partial charge on any atom is -0.497 e. The van der Waals surface area contributed by atoms with Gasteiger partial charge in [-0.15, -0.1) is 0 Å². The quantitative estimate of drug-likeness (QED) is 0.373. The Morgan fingerprint density at radius 3 is 2.50 bits per heavy atom. The average molecular weight is 466 g/mol. The highest BCUT2D eigenvalue weighted by Gasteiger charge is 2.21. The van der Waals surface area contributed by atoms with Gasteiger partial charge in [-0.3, -0.25) is 18.9 Å². The average Bonchev–Trinajstić information content (AvgIpc) is 3.22. The van der Waals surface area contributed by atoms with E-state index in [1.165, 1.54) is 11.6 Å². The number of hydrogen-bond acceptors (Lipinski definition) is 8. The van der Waals surface area contributed by atoms with Crippen molar-refractivity contribution in [3.8, 4) is 11.5 Å². The van der Waals surface area contributed by atoms with E-state index in [1.54, 1.807) is 55.4 Å². The lowest BCUT2D eigenvalue weighted by atomic mass is 10.3. The molecule has 0 aliphatic carbocycles. The molecule has 3 heterocycles. The van der Waals surface area contributed by atoms with E-state index in [4.69, 9.17) is 9.47 Å². The number of pyridine rings is 1. The number of anilines is 1. The molecule has 1 aromatic carbocycles. The lowest BCUT2D eigenvalue weighted by Gasteiger charge is -2.16. The smallest absolute Gasteiger partial charge is 0.332 e. The molecule has 178 valence electrons. The number of methoxy groups -OCH3 is 1. The highest BCUT2D eigenvalue weighted by molar-refractivity contribution is 5.74. The lowest BCUT2D eigenvalue weighted by Crippen LogP contribution is -2.38. The second-order valence-corrected chi connectivity index (χ2v) is 7.78. The third-order valence-electron chi connectivity index (χ3n) is 5.42. The third kappa shape index (κ3) is 4.64. The van der Waals surface area contributed by atoms with Crippen molar-refractivity contribution in [3.63, 3.8) is 0 Å². The molecular weight excluding hydrogens is 440 g/mol. The Hall–Kier alpha value is -4.12. The maximum atomic E-state index is 13.0. The number of aliphatic hydroxyl groups is 1. The number of fused-ring (bicyclic) bond motifs is 1. The van der Waals surface area contributed by atoms with Crippen LogP contribution in [0.15, 0.2) is 58.4 Å². The van der Waals surface area contributed by atoms with Crippen molar-refractivity contribution >= 4 is 17.1 Å². The molecule has 0 fully saturated rings. The van der Waals surface area contributed by atoms with Gasteiger partial charge in [0, 0.05) is 33.0 Å².